The lowest BCUT2D eigenvalue weighted by molar-refractivity contribution is -0.151. The van der Waals surface area contributed by atoms with Gasteiger partial charge in [0.15, 0.2) is 23.4 Å². The van der Waals surface area contributed by atoms with E-state index in [1.54, 1.807) is 20.8 Å². The highest BCUT2D eigenvalue weighted by molar-refractivity contribution is 7.48. The van der Waals surface area contributed by atoms with Crippen molar-refractivity contribution in [1.29, 1.82) is 0 Å². The Morgan fingerprint density at radius 3 is 2.79 bits per heavy atom. The summed E-state index contributed by atoms with van der Waals surface area (Å²) in [6.45, 7) is 5.81. The Morgan fingerprint density at radius 2 is 2.13 bits per heavy atom. The summed E-state index contributed by atoms with van der Waals surface area (Å²) in [7, 11) is -3.24. The molecule has 2 fully saturated rings. The van der Waals surface area contributed by atoms with E-state index in [1.165, 1.54) is 17.8 Å². The van der Waals surface area contributed by atoms with Crippen LogP contribution in [0.3, 0.4) is 0 Å². The van der Waals surface area contributed by atoms with Crippen molar-refractivity contribution >= 4 is 37.0 Å². The number of ether oxygens (including phenoxy) is 4. The summed E-state index contributed by atoms with van der Waals surface area (Å²) < 4.78 is 52.1. The summed E-state index contributed by atoms with van der Waals surface area (Å²) in [5.74, 6) is -0.767. The first-order chi connectivity index (χ1) is 18.4. The van der Waals surface area contributed by atoms with Crippen molar-refractivity contribution in [3.05, 3.63) is 6.33 Å². The standard InChI is InChI=1S/C21H31N6O11P/c1-6-33-16-13-15(25-19(22)26-16)27(9-23-13)18-21(4,30)14-12(37-18)8-35-39(31,38-14)34-7-11(24-20(29)32-5)17(28)36-10(2)3/h9-12,14,18,30H,6-8H2,1-5H3,(H,24,29)(H2,22,25,26)/t11-,12-,14-,18-,21-,39?/m1/s1. The number of aliphatic hydroxyl groups is 1. The fraction of sp³-hybridized carbons (Fsp3) is 0.667. The Morgan fingerprint density at radius 1 is 1.38 bits per heavy atom. The van der Waals surface area contributed by atoms with Gasteiger partial charge in [-0.15, -0.1) is 0 Å². The first-order valence-electron chi connectivity index (χ1n) is 12.0. The number of carbonyl (C=O) groups is 2. The average molecular weight is 574 g/mol. The highest BCUT2D eigenvalue weighted by Gasteiger charge is 2.60. The molecule has 6 atom stereocenters. The van der Waals surface area contributed by atoms with Gasteiger partial charge in [0.1, 0.15) is 17.8 Å². The van der Waals surface area contributed by atoms with Crippen molar-refractivity contribution in [1.82, 2.24) is 24.8 Å². The molecule has 4 rings (SSSR count). The van der Waals surface area contributed by atoms with Gasteiger partial charge in [-0.2, -0.15) is 9.97 Å². The number of nitrogens with one attached hydrogen (secondary N) is 1. The van der Waals surface area contributed by atoms with Crippen LogP contribution in [0.25, 0.3) is 11.2 Å². The third-order valence-electron chi connectivity index (χ3n) is 5.81. The van der Waals surface area contributed by atoms with Gasteiger partial charge in [-0.05, 0) is 27.7 Å². The van der Waals surface area contributed by atoms with Crippen LogP contribution in [0.5, 0.6) is 5.88 Å². The lowest BCUT2D eigenvalue weighted by atomic mass is 9.96. The number of methoxy groups -OCH3 is 1. The molecule has 0 radical (unpaired) electrons. The van der Waals surface area contributed by atoms with E-state index in [-0.39, 0.29) is 24.1 Å². The molecule has 0 bridgehead atoms. The molecule has 4 heterocycles. The lowest BCUT2D eigenvalue weighted by Gasteiger charge is -2.35. The maximum absolute atomic E-state index is 13.3. The number of anilines is 1. The van der Waals surface area contributed by atoms with Crippen LogP contribution in [-0.4, -0.2) is 93.6 Å². The molecule has 2 aromatic rings. The summed E-state index contributed by atoms with van der Waals surface area (Å²) in [6.07, 6.45) is -3.24. The number of nitrogens with zero attached hydrogens (tertiary/aromatic N) is 4. The molecule has 2 saturated heterocycles. The van der Waals surface area contributed by atoms with Crippen LogP contribution >= 0.6 is 7.82 Å². The van der Waals surface area contributed by atoms with Crippen LogP contribution in [-0.2, 0) is 37.1 Å². The number of rotatable bonds is 9. The number of fused-ring (bicyclic) bond motifs is 2. The number of phosphoric ester groups is 1. The van der Waals surface area contributed by atoms with Crippen molar-refractivity contribution in [3.63, 3.8) is 0 Å². The van der Waals surface area contributed by atoms with Crippen LogP contribution in [0.15, 0.2) is 6.33 Å². The van der Waals surface area contributed by atoms with E-state index in [4.69, 9.17) is 33.5 Å². The molecule has 0 aliphatic carbocycles. The van der Waals surface area contributed by atoms with Crippen LogP contribution in [0.1, 0.15) is 33.9 Å². The number of alkyl carbamates (subject to hydrolysis) is 1. The molecular formula is C21H31N6O11P. The molecule has 4 N–H and O–H groups in total. The third kappa shape index (κ3) is 5.92. The molecule has 216 valence electrons. The average Bonchev–Trinajstić information content (AvgIpc) is 3.39. The van der Waals surface area contributed by atoms with E-state index in [2.05, 4.69) is 25.0 Å². The molecule has 2 aromatic heterocycles. The predicted molar refractivity (Wildman–Crippen MR) is 130 cm³/mol. The van der Waals surface area contributed by atoms with E-state index < -0.39 is 62.7 Å². The first-order valence-corrected chi connectivity index (χ1v) is 13.5. The highest BCUT2D eigenvalue weighted by Crippen LogP contribution is 2.59. The Hall–Kier alpha value is -3.08. The lowest BCUT2D eigenvalue weighted by Crippen LogP contribution is -2.48. The summed E-state index contributed by atoms with van der Waals surface area (Å²) in [5, 5.41) is 13.7. The molecule has 2 aliphatic rings. The fourth-order valence-electron chi connectivity index (χ4n) is 4.11. The van der Waals surface area contributed by atoms with E-state index >= 15 is 0 Å². The van der Waals surface area contributed by atoms with E-state index in [1.807, 2.05) is 0 Å². The number of esters is 1. The van der Waals surface area contributed by atoms with Gasteiger partial charge in [-0.3, -0.25) is 18.1 Å². The second-order valence-corrected chi connectivity index (χ2v) is 10.8. The minimum absolute atomic E-state index is 0.0775. The molecule has 1 amide bonds. The molecule has 39 heavy (non-hydrogen) atoms. The van der Waals surface area contributed by atoms with Crippen molar-refractivity contribution in [2.75, 3.05) is 32.7 Å². The molecule has 0 spiro atoms. The zero-order valence-corrected chi connectivity index (χ0v) is 22.8. The second-order valence-electron chi connectivity index (χ2n) is 9.14. The smallest absolute Gasteiger partial charge is 0.475 e. The van der Waals surface area contributed by atoms with Gasteiger partial charge >= 0.3 is 19.9 Å². The topological polar surface area (TPSA) is 218 Å². The first kappa shape index (κ1) is 28.9. The quantitative estimate of drug-likeness (QED) is 0.277. The Kier molecular flexibility index (Phi) is 8.30. The predicted octanol–water partition coefficient (Wildman–Crippen LogP) is 0.672. The maximum Gasteiger partial charge on any atom is 0.475 e. The van der Waals surface area contributed by atoms with Gasteiger partial charge < -0.3 is 35.1 Å². The monoisotopic (exact) mass is 574 g/mol. The van der Waals surface area contributed by atoms with Crippen LogP contribution < -0.4 is 15.8 Å². The number of phosphoric acid groups is 1. The normalized spacial score (nSPS) is 29.2. The minimum atomic E-state index is -4.35. The number of aromatic nitrogens is 4. The zero-order chi connectivity index (χ0) is 28.5. The van der Waals surface area contributed by atoms with Crippen molar-refractivity contribution in [2.45, 2.75) is 63.9 Å². The van der Waals surface area contributed by atoms with E-state index in [0.717, 1.165) is 7.11 Å². The van der Waals surface area contributed by atoms with Gasteiger partial charge in [-0.25, -0.2) is 19.1 Å². The summed E-state index contributed by atoms with van der Waals surface area (Å²) >= 11 is 0. The number of nitrogen functional groups attached to an aromatic ring is 1. The van der Waals surface area contributed by atoms with Gasteiger partial charge in [0, 0.05) is 0 Å². The summed E-state index contributed by atoms with van der Waals surface area (Å²) in [5.41, 5.74) is 4.56. The number of imidazole rings is 1. The summed E-state index contributed by atoms with van der Waals surface area (Å²) in [6, 6.07) is -1.38. The van der Waals surface area contributed by atoms with Crippen molar-refractivity contribution < 1.29 is 51.8 Å². The Balaban J connectivity index is 1.53. The Bertz CT molecular complexity index is 1270. The second kappa shape index (κ2) is 11.2. The Labute approximate surface area is 222 Å². The van der Waals surface area contributed by atoms with Crippen LogP contribution in [0.2, 0.25) is 0 Å². The third-order valence-corrected chi connectivity index (χ3v) is 7.23. The number of nitrogens with two attached hydrogens (primary N) is 1. The van der Waals surface area contributed by atoms with Gasteiger partial charge in [-0.1, -0.05) is 0 Å². The molecule has 2 aliphatic heterocycles. The number of hydrogen-bond donors (Lipinski definition) is 3. The molecule has 0 saturated carbocycles. The zero-order valence-electron chi connectivity index (χ0n) is 21.9. The van der Waals surface area contributed by atoms with Crippen LogP contribution in [0.4, 0.5) is 10.7 Å². The minimum Gasteiger partial charge on any atom is -0.476 e. The SMILES string of the molecule is CCOc1nc(N)nc2c1ncn2[C@@H]1O[C@@H]2COP(=O)(OC[C@@H](NC(=O)OC)C(=O)OC(C)C)O[C@H]2[C@@]1(C)O. The fourth-order valence-corrected chi connectivity index (χ4v) is 5.59. The number of hydrogen-bond acceptors (Lipinski definition) is 15. The molecule has 0 aromatic carbocycles. The molecule has 1 unspecified atom stereocenters. The van der Waals surface area contributed by atoms with Crippen molar-refractivity contribution in [3.8, 4) is 5.88 Å². The molecule has 17 nitrogen and oxygen atoms in total. The van der Waals surface area contributed by atoms with Crippen LogP contribution in [0, 0.1) is 0 Å². The van der Waals surface area contributed by atoms with Gasteiger partial charge in [0.25, 0.3) is 0 Å². The molecular weight excluding hydrogens is 543 g/mol. The highest BCUT2D eigenvalue weighted by atomic mass is 31.2. The number of carbonyl (C=O) groups excluding carboxylic acids is 2. The van der Waals surface area contributed by atoms with Gasteiger partial charge in [0.05, 0.1) is 39.4 Å². The molecule has 18 heteroatoms. The largest absolute Gasteiger partial charge is 0.476 e. The number of amides is 1. The van der Waals surface area contributed by atoms with Crippen molar-refractivity contribution in [2.24, 2.45) is 0 Å². The van der Waals surface area contributed by atoms with Gasteiger partial charge in [0.2, 0.25) is 11.8 Å². The van der Waals surface area contributed by atoms with E-state index in [9.17, 15) is 19.3 Å². The van der Waals surface area contributed by atoms with E-state index in [0.29, 0.717) is 12.1 Å². The summed E-state index contributed by atoms with van der Waals surface area (Å²) in [4.78, 5) is 36.6. The maximum atomic E-state index is 13.3.